The third-order valence-corrected chi connectivity index (χ3v) is 4.80. The van der Waals surface area contributed by atoms with E-state index in [4.69, 9.17) is 16.1 Å². The van der Waals surface area contributed by atoms with Gasteiger partial charge in [0.05, 0.1) is 11.6 Å². The molecule has 3 rings (SSSR count). The second kappa shape index (κ2) is 9.73. The molecule has 1 fully saturated rings. The van der Waals surface area contributed by atoms with Crippen molar-refractivity contribution < 1.29 is 4.52 Å². The summed E-state index contributed by atoms with van der Waals surface area (Å²) < 4.78 is 5.28. The fourth-order valence-corrected chi connectivity index (χ4v) is 3.30. The first kappa shape index (κ1) is 20.4. The van der Waals surface area contributed by atoms with Crippen molar-refractivity contribution in [2.45, 2.75) is 45.6 Å². The van der Waals surface area contributed by atoms with Gasteiger partial charge in [-0.2, -0.15) is 4.98 Å². The van der Waals surface area contributed by atoms with E-state index in [1.165, 1.54) is 0 Å². The zero-order valence-electron chi connectivity index (χ0n) is 16.7. The molecule has 0 saturated carbocycles. The highest BCUT2D eigenvalue weighted by Crippen LogP contribution is 2.25. The van der Waals surface area contributed by atoms with Crippen LogP contribution in [0.4, 0.5) is 5.82 Å². The lowest BCUT2D eigenvalue weighted by Gasteiger charge is -2.20. The summed E-state index contributed by atoms with van der Waals surface area (Å²) in [6.07, 6.45) is 3.39. The van der Waals surface area contributed by atoms with Crippen LogP contribution >= 0.6 is 11.6 Å². The van der Waals surface area contributed by atoms with Gasteiger partial charge in [0.15, 0.2) is 11.8 Å². The molecule has 1 aliphatic rings. The molecule has 28 heavy (non-hydrogen) atoms. The highest BCUT2D eigenvalue weighted by molar-refractivity contribution is 6.32. The van der Waals surface area contributed by atoms with E-state index in [0.29, 0.717) is 23.9 Å². The minimum Gasteiger partial charge on any atom is -0.357 e. The SMILES string of the molecule is CCNC(=NCCc1nc(C(C)C)no1)NC1CCN(c2ncccc2Cl)C1. The van der Waals surface area contributed by atoms with Gasteiger partial charge < -0.3 is 20.1 Å². The molecule has 1 saturated heterocycles. The first-order valence-electron chi connectivity index (χ1n) is 9.79. The number of anilines is 1. The molecule has 2 aromatic rings. The normalized spacial score (nSPS) is 17.4. The minimum atomic E-state index is 0.262. The molecule has 2 aromatic heterocycles. The smallest absolute Gasteiger partial charge is 0.228 e. The molecule has 0 spiro atoms. The molecular weight excluding hydrogens is 378 g/mol. The Hall–Kier alpha value is -2.35. The largest absolute Gasteiger partial charge is 0.357 e. The minimum absolute atomic E-state index is 0.262. The summed E-state index contributed by atoms with van der Waals surface area (Å²) in [6.45, 7) is 9.27. The van der Waals surface area contributed by atoms with Gasteiger partial charge in [-0.3, -0.25) is 4.99 Å². The van der Waals surface area contributed by atoms with Crippen LogP contribution in [0, 0.1) is 0 Å². The summed E-state index contributed by atoms with van der Waals surface area (Å²) >= 11 is 6.27. The number of guanidine groups is 1. The maximum atomic E-state index is 6.27. The molecule has 3 heterocycles. The van der Waals surface area contributed by atoms with E-state index in [0.717, 1.165) is 43.7 Å². The van der Waals surface area contributed by atoms with Gasteiger partial charge in [-0.05, 0) is 25.5 Å². The Bertz CT molecular complexity index is 792. The summed E-state index contributed by atoms with van der Waals surface area (Å²) in [4.78, 5) is 15.7. The fourth-order valence-electron chi connectivity index (χ4n) is 3.06. The number of hydrogen-bond acceptors (Lipinski definition) is 6. The van der Waals surface area contributed by atoms with Gasteiger partial charge in [-0.25, -0.2) is 4.98 Å². The summed E-state index contributed by atoms with van der Waals surface area (Å²) in [5, 5.41) is 11.5. The number of pyridine rings is 1. The molecule has 1 unspecified atom stereocenters. The first-order valence-corrected chi connectivity index (χ1v) is 10.2. The van der Waals surface area contributed by atoms with Gasteiger partial charge in [0.25, 0.3) is 0 Å². The third kappa shape index (κ3) is 5.34. The van der Waals surface area contributed by atoms with Gasteiger partial charge in [0, 0.05) is 44.2 Å². The van der Waals surface area contributed by atoms with Crippen LogP contribution in [0.5, 0.6) is 0 Å². The highest BCUT2D eigenvalue weighted by Gasteiger charge is 2.25. The molecule has 0 amide bonds. The Balaban J connectivity index is 1.54. The van der Waals surface area contributed by atoms with Crippen molar-refractivity contribution in [2.75, 3.05) is 31.1 Å². The van der Waals surface area contributed by atoms with Crippen LogP contribution in [0.1, 0.15) is 44.8 Å². The second-order valence-electron chi connectivity index (χ2n) is 7.10. The molecule has 0 aromatic carbocycles. The van der Waals surface area contributed by atoms with Crippen LogP contribution in [-0.4, -0.2) is 53.3 Å². The number of nitrogens with zero attached hydrogens (tertiary/aromatic N) is 5. The Morgan fingerprint density at radius 2 is 2.32 bits per heavy atom. The molecule has 9 heteroatoms. The lowest BCUT2D eigenvalue weighted by atomic mass is 10.2. The standard InChI is InChI=1S/C19H28ClN7O/c1-4-21-19(23-10-7-16-25-17(13(2)3)26-28-16)24-14-8-11-27(12-14)18-15(20)6-5-9-22-18/h5-6,9,13-14H,4,7-8,10-12H2,1-3H3,(H2,21,23,24). The predicted octanol–water partition coefficient (Wildman–Crippen LogP) is 2.62. The quantitative estimate of drug-likeness (QED) is 0.540. The zero-order chi connectivity index (χ0) is 19.9. The number of aliphatic imine (C=N–C) groups is 1. The number of nitrogens with one attached hydrogen (secondary N) is 2. The summed E-state index contributed by atoms with van der Waals surface area (Å²) in [7, 11) is 0. The molecule has 0 bridgehead atoms. The third-order valence-electron chi connectivity index (χ3n) is 4.51. The predicted molar refractivity (Wildman–Crippen MR) is 111 cm³/mol. The van der Waals surface area contributed by atoms with Crippen molar-refractivity contribution in [3.8, 4) is 0 Å². The average Bonchev–Trinajstić information content (AvgIpc) is 3.32. The van der Waals surface area contributed by atoms with Crippen LogP contribution in [0.3, 0.4) is 0 Å². The Labute approximate surface area is 170 Å². The Kier molecular flexibility index (Phi) is 7.08. The first-order chi connectivity index (χ1) is 13.6. The van der Waals surface area contributed by atoms with Crippen LogP contribution in [0.25, 0.3) is 0 Å². The van der Waals surface area contributed by atoms with Gasteiger partial charge in [-0.1, -0.05) is 30.6 Å². The average molecular weight is 406 g/mol. The Morgan fingerprint density at radius 1 is 1.46 bits per heavy atom. The zero-order valence-corrected chi connectivity index (χ0v) is 17.4. The van der Waals surface area contributed by atoms with Gasteiger partial charge in [-0.15, -0.1) is 0 Å². The lowest BCUT2D eigenvalue weighted by molar-refractivity contribution is 0.372. The molecular formula is C19H28ClN7O. The Morgan fingerprint density at radius 3 is 3.04 bits per heavy atom. The topological polar surface area (TPSA) is 91.5 Å². The van der Waals surface area contributed by atoms with E-state index in [2.05, 4.69) is 42.6 Å². The van der Waals surface area contributed by atoms with Crippen LogP contribution in [0.15, 0.2) is 27.8 Å². The van der Waals surface area contributed by atoms with Gasteiger partial charge in [0.2, 0.25) is 5.89 Å². The molecule has 1 atom stereocenters. The number of aromatic nitrogens is 3. The van der Waals surface area contributed by atoms with Crippen molar-refractivity contribution >= 4 is 23.4 Å². The molecule has 152 valence electrons. The van der Waals surface area contributed by atoms with Crippen molar-refractivity contribution in [3.05, 3.63) is 35.1 Å². The van der Waals surface area contributed by atoms with Crippen molar-refractivity contribution in [1.29, 1.82) is 0 Å². The van der Waals surface area contributed by atoms with E-state index >= 15 is 0 Å². The fraction of sp³-hybridized carbons (Fsp3) is 0.579. The van der Waals surface area contributed by atoms with E-state index in [9.17, 15) is 0 Å². The number of hydrogen-bond donors (Lipinski definition) is 2. The summed E-state index contributed by atoms with van der Waals surface area (Å²) in [6, 6.07) is 4.01. The molecule has 2 N–H and O–H groups in total. The maximum Gasteiger partial charge on any atom is 0.228 e. The van der Waals surface area contributed by atoms with Gasteiger partial charge in [0.1, 0.15) is 5.82 Å². The molecule has 0 aliphatic carbocycles. The van der Waals surface area contributed by atoms with Crippen LogP contribution in [0.2, 0.25) is 5.02 Å². The summed E-state index contributed by atoms with van der Waals surface area (Å²) in [5.41, 5.74) is 0. The molecule has 0 radical (unpaired) electrons. The number of halogens is 1. The molecule has 1 aliphatic heterocycles. The van der Waals surface area contributed by atoms with Crippen molar-refractivity contribution in [3.63, 3.8) is 0 Å². The van der Waals surface area contributed by atoms with E-state index in [1.54, 1.807) is 6.20 Å². The highest BCUT2D eigenvalue weighted by atomic mass is 35.5. The van der Waals surface area contributed by atoms with E-state index < -0.39 is 0 Å². The van der Waals surface area contributed by atoms with Crippen LogP contribution in [-0.2, 0) is 6.42 Å². The lowest BCUT2D eigenvalue weighted by Crippen LogP contribution is -2.44. The summed E-state index contributed by atoms with van der Waals surface area (Å²) in [5.74, 6) is 3.26. The molecule has 8 nitrogen and oxygen atoms in total. The second-order valence-corrected chi connectivity index (χ2v) is 7.50. The van der Waals surface area contributed by atoms with E-state index in [1.807, 2.05) is 26.0 Å². The number of rotatable bonds is 7. The maximum absolute atomic E-state index is 6.27. The van der Waals surface area contributed by atoms with E-state index in [-0.39, 0.29) is 12.0 Å². The van der Waals surface area contributed by atoms with Crippen molar-refractivity contribution in [2.24, 2.45) is 4.99 Å². The monoisotopic (exact) mass is 405 g/mol. The van der Waals surface area contributed by atoms with Crippen LogP contribution < -0.4 is 15.5 Å². The van der Waals surface area contributed by atoms with Gasteiger partial charge >= 0.3 is 0 Å². The van der Waals surface area contributed by atoms with Crippen molar-refractivity contribution in [1.82, 2.24) is 25.8 Å².